The lowest BCUT2D eigenvalue weighted by atomic mass is 10.2. The third-order valence-electron chi connectivity index (χ3n) is 2.67. The second-order valence-corrected chi connectivity index (χ2v) is 4.91. The molecule has 0 amide bonds. The van der Waals surface area contributed by atoms with Gasteiger partial charge in [0.25, 0.3) is 0 Å². The molecular formula is C14H11BrF3N. The standard InChI is InChI=1S/C14H11BrF3N/c15-12-5-4-11(16)6-10(12)8-19-7-9-2-1-3-13(17)14(9)18/h1-6,19H,7-8H2. The Labute approximate surface area is 117 Å². The summed E-state index contributed by atoms with van der Waals surface area (Å²) in [5.74, 6) is -2.06. The summed E-state index contributed by atoms with van der Waals surface area (Å²) >= 11 is 3.30. The van der Waals surface area contributed by atoms with Crippen molar-refractivity contribution in [3.05, 3.63) is 69.4 Å². The molecular weight excluding hydrogens is 319 g/mol. The van der Waals surface area contributed by atoms with Gasteiger partial charge in [0.05, 0.1) is 0 Å². The van der Waals surface area contributed by atoms with Crippen molar-refractivity contribution in [2.45, 2.75) is 13.1 Å². The van der Waals surface area contributed by atoms with E-state index in [1.807, 2.05) is 0 Å². The van der Waals surface area contributed by atoms with Gasteiger partial charge in [-0.1, -0.05) is 28.1 Å². The summed E-state index contributed by atoms with van der Waals surface area (Å²) in [6.45, 7) is 0.529. The van der Waals surface area contributed by atoms with Crippen molar-refractivity contribution in [1.29, 1.82) is 0 Å². The first-order chi connectivity index (χ1) is 9.08. The Balaban J connectivity index is 2.00. The second kappa shape index (κ2) is 6.21. The van der Waals surface area contributed by atoms with E-state index in [0.717, 1.165) is 16.1 Å². The third kappa shape index (κ3) is 3.58. The Morgan fingerprint density at radius 1 is 0.947 bits per heavy atom. The number of halogens is 4. The molecule has 100 valence electrons. The predicted molar refractivity (Wildman–Crippen MR) is 71.0 cm³/mol. The van der Waals surface area contributed by atoms with Crippen LogP contribution < -0.4 is 5.32 Å². The summed E-state index contributed by atoms with van der Waals surface area (Å²) in [4.78, 5) is 0. The topological polar surface area (TPSA) is 12.0 Å². The Morgan fingerprint density at radius 3 is 2.47 bits per heavy atom. The van der Waals surface area contributed by atoms with E-state index in [4.69, 9.17) is 0 Å². The number of benzene rings is 2. The minimum Gasteiger partial charge on any atom is -0.308 e. The van der Waals surface area contributed by atoms with Crippen molar-refractivity contribution in [2.75, 3.05) is 0 Å². The summed E-state index contributed by atoms with van der Waals surface area (Å²) in [5, 5.41) is 2.95. The van der Waals surface area contributed by atoms with Crippen molar-refractivity contribution in [2.24, 2.45) is 0 Å². The summed E-state index contributed by atoms with van der Waals surface area (Å²) in [6, 6.07) is 8.37. The molecule has 0 aliphatic carbocycles. The van der Waals surface area contributed by atoms with E-state index in [9.17, 15) is 13.2 Å². The largest absolute Gasteiger partial charge is 0.308 e. The zero-order valence-electron chi connectivity index (χ0n) is 9.89. The van der Waals surface area contributed by atoms with Crippen molar-refractivity contribution >= 4 is 15.9 Å². The Kier molecular flexibility index (Phi) is 4.61. The molecule has 0 spiro atoms. The van der Waals surface area contributed by atoms with Gasteiger partial charge in [-0.05, 0) is 29.8 Å². The first-order valence-corrected chi connectivity index (χ1v) is 6.45. The molecule has 0 aromatic heterocycles. The van der Waals surface area contributed by atoms with Gasteiger partial charge in [-0.2, -0.15) is 0 Å². The summed E-state index contributed by atoms with van der Waals surface area (Å²) < 4.78 is 40.2. The van der Waals surface area contributed by atoms with Crippen LogP contribution in [0.2, 0.25) is 0 Å². The molecule has 0 bridgehead atoms. The molecule has 0 aliphatic heterocycles. The van der Waals surface area contributed by atoms with Crippen molar-refractivity contribution in [3.63, 3.8) is 0 Å². The molecule has 5 heteroatoms. The fourth-order valence-corrected chi connectivity index (χ4v) is 2.08. The monoisotopic (exact) mass is 329 g/mol. The first kappa shape index (κ1) is 14.1. The van der Waals surface area contributed by atoms with Crippen LogP contribution in [0.5, 0.6) is 0 Å². The molecule has 2 aromatic carbocycles. The second-order valence-electron chi connectivity index (χ2n) is 4.05. The van der Waals surface area contributed by atoms with Gasteiger partial charge in [0, 0.05) is 23.1 Å². The summed E-state index contributed by atoms with van der Waals surface area (Å²) in [7, 11) is 0. The average Bonchev–Trinajstić information content (AvgIpc) is 2.38. The van der Waals surface area contributed by atoms with E-state index >= 15 is 0 Å². The summed E-state index contributed by atoms with van der Waals surface area (Å²) in [5.41, 5.74) is 0.962. The number of nitrogens with one attached hydrogen (secondary N) is 1. The maximum absolute atomic E-state index is 13.4. The Bertz CT molecular complexity index is 585. The maximum atomic E-state index is 13.4. The molecule has 0 saturated heterocycles. The van der Waals surface area contributed by atoms with E-state index in [1.54, 1.807) is 6.07 Å². The lowest BCUT2D eigenvalue weighted by Crippen LogP contribution is -2.14. The SMILES string of the molecule is Fc1ccc(Br)c(CNCc2cccc(F)c2F)c1. The van der Waals surface area contributed by atoms with Gasteiger partial charge in [-0.3, -0.25) is 0 Å². The van der Waals surface area contributed by atoms with Crippen LogP contribution in [0.4, 0.5) is 13.2 Å². The molecule has 0 radical (unpaired) electrons. The average molecular weight is 330 g/mol. The van der Waals surface area contributed by atoms with Crippen LogP contribution in [-0.4, -0.2) is 0 Å². The fraction of sp³-hybridized carbons (Fsp3) is 0.143. The number of rotatable bonds is 4. The molecule has 19 heavy (non-hydrogen) atoms. The van der Waals surface area contributed by atoms with E-state index < -0.39 is 11.6 Å². The molecule has 0 aliphatic rings. The van der Waals surface area contributed by atoms with Crippen LogP contribution in [0.25, 0.3) is 0 Å². The van der Waals surface area contributed by atoms with E-state index in [1.165, 1.54) is 24.3 Å². The van der Waals surface area contributed by atoms with Crippen LogP contribution >= 0.6 is 15.9 Å². The predicted octanol–water partition coefficient (Wildman–Crippen LogP) is 4.16. The van der Waals surface area contributed by atoms with Gasteiger partial charge in [0.1, 0.15) is 5.82 Å². The quantitative estimate of drug-likeness (QED) is 0.888. The van der Waals surface area contributed by atoms with Gasteiger partial charge in [0.2, 0.25) is 0 Å². The molecule has 0 atom stereocenters. The van der Waals surface area contributed by atoms with Crippen LogP contribution in [0.3, 0.4) is 0 Å². The highest BCUT2D eigenvalue weighted by Crippen LogP contribution is 2.18. The Hall–Kier alpha value is -1.33. The van der Waals surface area contributed by atoms with Gasteiger partial charge < -0.3 is 5.32 Å². The zero-order valence-corrected chi connectivity index (χ0v) is 11.5. The molecule has 1 nitrogen and oxygen atoms in total. The molecule has 0 unspecified atom stereocenters. The fourth-order valence-electron chi connectivity index (χ4n) is 1.70. The van der Waals surface area contributed by atoms with E-state index in [2.05, 4.69) is 21.2 Å². The van der Waals surface area contributed by atoms with Crippen molar-refractivity contribution in [3.8, 4) is 0 Å². The number of hydrogen-bond donors (Lipinski definition) is 1. The highest BCUT2D eigenvalue weighted by molar-refractivity contribution is 9.10. The van der Waals surface area contributed by atoms with Gasteiger partial charge in [0.15, 0.2) is 11.6 Å². The summed E-state index contributed by atoms with van der Waals surface area (Å²) in [6.07, 6.45) is 0. The van der Waals surface area contributed by atoms with Gasteiger partial charge in [-0.15, -0.1) is 0 Å². The van der Waals surface area contributed by atoms with Gasteiger partial charge in [-0.25, -0.2) is 13.2 Å². The van der Waals surface area contributed by atoms with Gasteiger partial charge >= 0.3 is 0 Å². The van der Waals surface area contributed by atoms with Crippen molar-refractivity contribution in [1.82, 2.24) is 5.32 Å². The minimum atomic E-state index is -0.869. The Morgan fingerprint density at radius 2 is 1.68 bits per heavy atom. The zero-order chi connectivity index (χ0) is 13.8. The van der Waals surface area contributed by atoms with Crippen LogP contribution in [0.15, 0.2) is 40.9 Å². The highest BCUT2D eigenvalue weighted by Gasteiger charge is 2.07. The van der Waals surface area contributed by atoms with Crippen LogP contribution in [0, 0.1) is 17.5 Å². The molecule has 2 rings (SSSR count). The minimum absolute atomic E-state index is 0.173. The first-order valence-electron chi connectivity index (χ1n) is 5.65. The lowest BCUT2D eigenvalue weighted by Gasteiger charge is -2.08. The molecule has 2 aromatic rings. The van der Waals surface area contributed by atoms with E-state index in [0.29, 0.717) is 6.54 Å². The van der Waals surface area contributed by atoms with Crippen LogP contribution in [0.1, 0.15) is 11.1 Å². The molecule has 1 N–H and O–H groups in total. The molecule has 0 fully saturated rings. The molecule has 0 saturated carbocycles. The smallest absolute Gasteiger partial charge is 0.163 e. The van der Waals surface area contributed by atoms with Crippen LogP contribution in [-0.2, 0) is 13.1 Å². The highest BCUT2D eigenvalue weighted by atomic mass is 79.9. The van der Waals surface area contributed by atoms with E-state index in [-0.39, 0.29) is 17.9 Å². The van der Waals surface area contributed by atoms with Crippen molar-refractivity contribution < 1.29 is 13.2 Å². The normalized spacial score (nSPS) is 10.7. The lowest BCUT2D eigenvalue weighted by molar-refractivity contribution is 0.492. The molecule has 0 heterocycles. The number of hydrogen-bond acceptors (Lipinski definition) is 1. The maximum Gasteiger partial charge on any atom is 0.163 e. The third-order valence-corrected chi connectivity index (χ3v) is 3.44.